The second kappa shape index (κ2) is 9.22. The second-order valence-electron chi connectivity index (χ2n) is 6.70. The molecular weight excluding hydrogens is 416 g/mol. The van der Waals surface area contributed by atoms with Gasteiger partial charge in [-0.05, 0) is 42.5 Å². The summed E-state index contributed by atoms with van der Waals surface area (Å²) in [4.78, 5) is 12.5. The molecule has 32 heavy (non-hydrogen) atoms. The van der Waals surface area contributed by atoms with E-state index in [0.717, 1.165) is 18.2 Å². The number of anilines is 1. The van der Waals surface area contributed by atoms with Gasteiger partial charge in [-0.2, -0.15) is 0 Å². The number of nitrogens with one attached hydrogen (secondary N) is 1. The number of ether oxygens (including phenoxy) is 2. The Hall–Kier alpha value is -4.33. The molecule has 0 unspecified atom stereocenters. The van der Waals surface area contributed by atoms with Crippen molar-refractivity contribution in [3.63, 3.8) is 0 Å². The van der Waals surface area contributed by atoms with Crippen LogP contribution in [0, 0.1) is 11.6 Å². The number of para-hydroxylation sites is 2. The van der Waals surface area contributed by atoms with Gasteiger partial charge in [-0.3, -0.25) is 4.79 Å². The largest absolute Gasteiger partial charge is 0.493 e. The van der Waals surface area contributed by atoms with E-state index in [2.05, 4.69) is 15.5 Å². The minimum Gasteiger partial charge on any atom is -0.493 e. The number of aromatic nitrogens is 2. The molecule has 0 fully saturated rings. The molecule has 0 aliphatic heterocycles. The fraction of sp³-hybridized carbons (Fsp3) is 0.0417. The Morgan fingerprint density at radius 3 is 2.28 bits per heavy atom. The molecule has 0 bridgehead atoms. The van der Waals surface area contributed by atoms with Crippen molar-refractivity contribution >= 4 is 11.6 Å². The number of methoxy groups -OCH3 is 1. The van der Waals surface area contributed by atoms with Crippen LogP contribution in [-0.4, -0.2) is 23.2 Å². The number of carbonyl (C=O) groups is 1. The van der Waals surface area contributed by atoms with Crippen LogP contribution in [0.15, 0.2) is 78.9 Å². The third-order valence-corrected chi connectivity index (χ3v) is 4.46. The first-order chi connectivity index (χ1) is 15.5. The lowest BCUT2D eigenvalue weighted by atomic mass is 10.1. The van der Waals surface area contributed by atoms with Crippen molar-refractivity contribution in [2.75, 3.05) is 12.4 Å². The third kappa shape index (κ3) is 4.86. The Morgan fingerprint density at radius 2 is 1.59 bits per heavy atom. The van der Waals surface area contributed by atoms with E-state index in [4.69, 9.17) is 9.47 Å². The molecule has 0 atom stereocenters. The number of nitrogens with zero attached hydrogens (tertiary/aromatic N) is 2. The van der Waals surface area contributed by atoms with E-state index in [9.17, 15) is 13.6 Å². The van der Waals surface area contributed by atoms with Crippen molar-refractivity contribution in [2.45, 2.75) is 0 Å². The molecule has 0 saturated heterocycles. The first kappa shape index (κ1) is 20.9. The van der Waals surface area contributed by atoms with Gasteiger partial charge < -0.3 is 14.8 Å². The fourth-order valence-electron chi connectivity index (χ4n) is 2.99. The second-order valence-corrected chi connectivity index (χ2v) is 6.70. The summed E-state index contributed by atoms with van der Waals surface area (Å²) < 4.78 is 37.7. The molecule has 1 aromatic heterocycles. The maximum atomic E-state index is 13.4. The van der Waals surface area contributed by atoms with E-state index in [1.165, 1.54) is 0 Å². The Kier molecular flexibility index (Phi) is 6.03. The zero-order valence-electron chi connectivity index (χ0n) is 16.9. The normalized spacial score (nSPS) is 10.5. The average molecular weight is 433 g/mol. The molecule has 0 aliphatic rings. The van der Waals surface area contributed by atoms with E-state index >= 15 is 0 Å². The van der Waals surface area contributed by atoms with Crippen molar-refractivity contribution in [2.24, 2.45) is 0 Å². The molecule has 1 amide bonds. The lowest BCUT2D eigenvalue weighted by Gasteiger charge is -2.09. The zero-order chi connectivity index (χ0) is 22.5. The van der Waals surface area contributed by atoms with Crippen LogP contribution in [0.25, 0.3) is 11.3 Å². The highest BCUT2D eigenvalue weighted by molar-refractivity contribution is 6.04. The Bertz CT molecular complexity index is 1240. The summed E-state index contributed by atoms with van der Waals surface area (Å²) in [5.41, 5.74) is 1.47. The van der Waals surface area contributed by atoms with Crippen LogP contribution in [0.1, 0.15) is 10.4 Å². The van der Waals surface area contributed by atoms with Crippen molar-refractivity contribution in [3.05, 3.63) is 96.1 Å². The SMILES string of the molecule is COc1ccccc1Oc1ccc(-c2cccc(C(=O)Nc3cc(F)cc(F)c3)c2)nn1. The van der Waals surface area contributed by atoms with Gasteiger partial charge >= 0.3 is 0 Å². The predicted molar refractivity (Wildman–Crippen MR) is 115 cm³/mol. The highest BCUT2D eigenvalue weighted by Crippen LogP contribution is 2.30. The summed E-state index contributed by atoms with van der Waals surface area (Å²) in [7, 11) is 1.55. The molecule has 6 nitrogen and oxygen atoms in total. The van der Waals surface area contributed by atoms with Gasteiger partial charge in [-0.15, -0.1) is 10.2 Å². The molecule has 8 heteroatoms. The van der Waals surface area contributed by atoms with Gasteiger partial charge in [-0.25, -0.2) is 8.78 Å². The summed E-state index contributed by atoms with van der Waals surface area (Å²) in [6.45, 7) is 0. The first-order valence-electron chi connectivity index (χ1n) is 9.54. The van der Waals surface area contributed by atoms with E-state index in [1.807, 2.05) is 12.1 Å². The lowest BCUT2D eigenvalue weighted by Crippen LogP contribution is -2.12. The molecule has 3 aromatic carbocycles. The molecule has 0 saturated carbocycles. The van der Waals surface area contributed by atoms with E-state index in [0.29, 0.717) is 28.3 Å². The highest BCUT2D eigenvalue weighted by atomic mass is 19.1. The number of benzene rings is 3. The van der Waals surface area contributed by atoms with Crippen molar-refractivity contribution in [3.8, 4) is 28.6 Å². The monoisotopic (exact) mass is 433 g/mol. The summed E-state index contributed by atoms with van der Waals surface area (Å²) in [6.07, 6.45) is 0. The highest BCUT2D eigenvalue weighted by Gasteiger charge is 2.11. The average Bonchev–Trinajstić information content (AvgIpc) is 2.79. The van der Waals surface area contributed by atoms with Crippen LogP contribution in [-0.2, 0) is 0 Å². The van der Waals surface area contributed by atoms with Gasteiger partial charge in [0.2, 0.25) is 5.88 Å². The lowest BCUT2D eigenvalue weighted by molar-refractivity contribution is 0.102. The van der Waals surface area contributed by atoms with Crippen molar-refractivity contribution in [1.82, 2.24) is 10.2 Å². The Balaban J connectivity index is 1.51. The van der Waals surface area contributed by atoms with E-state index < -0.39 is 17.5 Å². The number of halogens is 2. The van der Waals surface area contributed by atoms with Crippen LogP contribution in [0.2, 0.25) is 0 Å². The smallest absolute Gasteiger partial charge is 0.255 e. The number of rotatable bonds is 6. The van der Waals surface area contributed by atoms with Crippen LogP contribution in [0.3, 0.4) is 0 Å². The Morgan fingerprint density at radius 1 is 0.844 bits per heavy atom. The van der Waals surface area contributed by atoms with Crippen LogP contribution in [0.5, 0.6) is 17.4 Å². The van der Waals surface area contributed by atoms with Gasteiger partial charge in [0.05, 0.1) is 12.8 Å². The summed E-state index contributed by atoms with van der Waals surface area (Å²) >= 11 is 0. The number of hydrogen-bond donors (Lipinski definition) is 1. The molecule has 0 radical (unpaired) electrons. The summed E-state index contributed by atoms with van der Waals surface area (Å²) in [5, 5.41) is 10.7. The number of amides is 1. The minimum atomic E-state index is -0.778. The van der Waals surface area contributed by atoms with Crippen LogP contribution < -0.4 is 14.8 Å². The first-order valence-corrected chi connectivity index (χ1v) is 9.54. The van der Waals surface area contributed by atoms with Gasteiger partial charge in [0.1, 0.15) is 11.6 Å². The topological polar surface area (TPSA) is 73.3 Å². The standard InChI is InChI=1S/C24H17F2N3O3/c1-31-21-7-2-3-8-22(21)32-23-10-9-20(28-29-23)15-5-4-6-16(11-15)24(30)27-19-13-17(25)12-18(26)14-19/h2-14H,1H3,(H,27,30). The number of carbonyl (C=O) groups excluding carboxylic acids is 1. The number of hydrogen-bond acceptors (Lipinski definition) is 5. The maximum Gasteiger partial charge on any atom is 0.255 e. The fourth-order valence-corrected chi connectivity index (χ4v) is 2.99. The zero-order valence-corrected chi connectivity index (χ0v) is 16.9. The molecule has 0 aliphatic carbocycles. The molecule has 1 N–H and O–H groups in total. The molecule has 0 spiro atoms. The molecule has 1 heterocycles. The minimum absolute atomic E-state index is 0.0236. The van der Waals surface area contributed by atoms with E-state index in [1.54, 1.807) is 55.6 Å². The van der Waals surface area contributed by atoms with Gasteiger partial charge in [-0.1, -0.05) is 24.3 Å². The van der Waals surface area contributed by atoms with E-state index in [-0.39, 0.29) is 11.6 Å². The van der Waals surface area contributed by atoms with Crippen LogP contribution in [0.4, 0.5) is 14.5 Å². The predicted octanol–water partition coefficient (Wildman–Crippen LogP) is 5.48. The quantitative estimate of drug-likeness (QED) is 0.436. The summed E-state index contributed by atoms with van der Waals surface area (Å²) in [5.74, 6) is -0.722. The van der Waals surface area contributed by atoms with Gasteiger partial charge in [0.25, 0.3) is 5.91 Å². The maximum absolute atomic E-state index is 13.4. The molecule has 4 rings (SSSR count). The molecular formula is C24H17F2N3O3. The van der Waals surface area contributed by atoms with Gasteiger partial charge in [0.15, 0.2) is 11.5 Å². The summed E-state index contributed by atoms with van der Waals surface area (Å²) in [6, 6.07) is 20.0. The molecule has 160 valence electrons. The van der Waals surface area contributed by atoms with Gasteiger partial charge in [0, 0.05) is 28.9 Å². The Labute approximate surface area is 182 Å². The third-order valence-electron chi connectivity index (χ3n) is 4.46. The molecule has 4 aromatic rings. The van der Waals surface area contributed by atoms with Crippen molar-refractivity contribution in [1.29, 1.82) is 0 Å². The van der Waals surface area contributed by atoms with Crippen molar-refractivity contribution < 1.29 is 23.0 Å². The van der Waals surface area contributed by atoms with Crippen LogP contribution >= 0.6 is 0 Å².